The van der Waals surface area contributed by atoms with Gasteiger partial charge >= 0.3 is 6.98 Å². The van der Waals surface area contributed by atoms with Gasteiger partial charge in [-0.15, -0.1) is 0 Å². The molecule has 1 rings (SSSR count). The van der Waals surface area contributed by atoms with Crippen molar-refractivity contribution >= 4 is 12.6 Å². The van der Waals surface area contributed by atoms with Crippen LogP contribution in [-0.4, -0.2) is 12.0 Å². The summed E-state index contributed by atoms with van der Waals surface area (Å²) in [4.78, 5) is 3.31. The van der Waals surface area contributed by atoms with Gasteiger partial charge < -0.3 is 17.4 Å². The zero-order valence-electron chi connectivity index (χ0n) is 5.14. The molecule has 0 saturated heterocycles. The predicted molar refractivity (Wildman–Crippen MR) is 30.0 cm³/mol. The predicted octanol–water partition coefficient (Wildman–Crippen LogP) is 1.04. The molecule has 0 N–H and O–H groups in total. The minimum atomic E-state index is -5.02. The van der Waals surface area contributed by atoms with E-state index in [-0.39, 0.29) is 5.69 Å². The molecule has 0 unspecified atom stereocenters. The molecule has 0 aromatic carbocycles. The highest BCUT2D eigenvalue weighted by molar-refractivity contribution is 6.72. The molecule has 0 aliphatic rings. The number of nitrogens with zero attached hydrogens (tertiary/aromatic N) is 1. The van der Waals surface area contributed by atoms with E-state index < -0.39 is 12.6 Å². The second-order valence-corrected chi connectivity index (χ2v) is 1.88. The lowest BCUT2D eigenvalue weighted by molar-refractivity contribution is 0.463. The molecule has 56 valence electrons. The van der Waals surface area contributed by atoms with E-state index in [2.05, 4.69) is 9.40 Å². The van der Waals surface area contributed by atoms with Crippen molar-refractivity contribution in [3.8, 4) is 0 Å². The first-order valence-electron chi connectivity index (χ1n) is 2.61. The topological polar surface area (TPSA) is 26.0 Å². The lowest BCUT2D eigenvalue weighted by Gasteiger charge is -2.09. The summed E-state index contributed by atoms with van der Waals surface area (Å²) in [5.74, 6) is 0. The van der Waals surface area contributed by atoms with Crippen molar-refractivity contribution in [2.75, 3.05) is 0 Å². The monoisotopic (exact) mass is 150 g/mol. The number of aromatic nitrogens is 1. The van der Waals surface area contributed by atoms with E-state index in [9.17, 15) is 12.9 Å². The molecular formula is C4H4BF3NO-. The molecule has 6 heteroatoms. The Morgan fingerprint density at radius 3 is 2.30 bits per heavy atom. The van der Waals surface area contributed by atoms with E-state index in [1.807, 2.05) is 0 Å². The fourth-order valence-electron chi connectivity index (χ4n) is 0.625. The number of hydrogen-bond acceptors (Lipinski definition) is 2. The van der Waals surface area contributed by atoms with Crippen LogP contribution in [0, 0.1) is 6.92 Å². The molecule has 0 aliphatic carbocycles. The SMILES string of the molecule is Cc1ncoc1[B-](F)(F)F. The Kier molecular flexibility index (Phi) is 1.46. The van der Waals surface area contributed by atoms with Gasteiger partial charge in [0.15, 0.2) is 6.39 Å². The molecule has 0 bridgehead atoms. The van der Waals surface area contributed by atoms with Crippen molar-refractivity contribution < 1.29 is 17.4 Å². The minimum Gasteiger partial charge on any atom is -0.480 e. The van der Waals surface area contributed by atoms with Gasteiger partial charge in [-0.05, 0) is 6.92 Å². The summed E-state index contributed by atoms with van der Waals surface area (Å²) in [5, 5.41) is 0. The van der Waals surface area contributed by atoms with E-state index in [0.717, 1.165) is 6.39 Å². The molecule has 1 aromatic heterocycles. The largest absolute Gasteiger partial charge is 0.546 e. The molecule has 0 aliphatic heterocycles. The van der Waals surface area contributed by atoms with Crippen molar-refractivity contribution in [2.45, 2.75) is 6.92 Å². The van der Waals surface area contributed by atoms with Gasteiger partial charge in [0.25, 0.3) is 0 Å². The van der Waals surface area contributed by atoms with Gasteiger partial charge in [0.1, 0.15) is 0 Å². The maximum absolute atomic E-state index is 11.8. The fraction of sp³-hybridized carbons (Fsp3) is 0.250. The van der Waals surface area contributed by atoms with Crippen LogP contribution in [0.25, 0.3) is 0 Å². The third-order valence-electron chi connectivity index (χ3n) is 1.08. The molecule has 0 saturated carbocycles. The molecule has 0 fully saturated rings. The third kappa shape index (κ3) is 1.15. The second-order valence-electron chi connectivity index (χ2n) is 1.88. The van der Waals surface area contributed by atoms with E-state index in [4.69, 9.17) is 0 Å². The Bertz CT molecular complexity index is 231. The van der Waals surface area contributed by atoms with Gasteiger partial charge in [-0.25, -0.2) is 4.98 Å². The molecule has 10 heavy (non-hydrogen) atoms. The minimum absolute atomic E-state index is 0.104. The van der Waals surface area contributed by atoms with E-state index in [1.165, 1.54) is 6.92 Å². The summed E-state index contributed by atoms with van der Waals surface area (Å²) in [5.41, 5.74) is -1.06. The molecule has 1 aromatic rings. The highest BCUT2D eigenvalue weighted by Crippen LogP contribution is 2.09. The average Bonchev–Trinajstić information content (AvgIpc) is 2.11. The molecular weight excluding hydrogens is 146 g/mol. The van der Waals surface area contributed by atoms with Crippen molar-refractivity contribution in [1.82, 2.24) is 4.98 Å². The Morgan fingerprint density at radius 2 is 2.10 bits per heavy atom. The van der Waals surface area contributed by atoms with E-state index >= 15 is 0 Å². The first-order chi connectivity index (χ1) is 4.52. The quantitative estimate of drug-likeness (QED) is 0.558. The molecule has 0 atom stereocenters. The number of aryl methyl sites for hydroxylation is 1. The smallest absolute Gasteiger partial charge is 0.480 e. The first kappa shape index (κ1) is 7.18. The van der Waals surface area contributed by atoms with Crippen LogP contribution in [0.3, 0.4) is 0 Å². The summed E-state index contributed by atoms with van der Waals surface area (Å²) in [6.45, 7) is -3.76. The maximum atomic E-state index is 11.8. The number of halogens is 3. The van der Waals surface area contributed by atoms with Gasteiger partial charge in [0.2, 0.25) is 0 Å². The van der Waals surface area contributed by atoms with Gasteiger partial charge in [0.05, 0.1) is 5.66 Å². The molecule has 0 radical (unpaired) electrons. The molecule has 0 amide bonds. The highest BCUT2D eigenvalue weighted by atomic mass is 19.4. The summed E-state index contributed by atoms with van der Waals surface area (Å²) in [6, 6.07) is 0. The molecule has 2 nitrogen and oxygen atoms in total. The van der Waals surface area contributed by atoms with Crippen LogP contribution >= 0.6 is 0 Å². The Morgan fingerprint density at radius 1 is 1.50 bits per heavy atom. The summed E-state index contributed by atoms with van der Waals surface area (Å²) in [7, 11) is 0. The van der Waals surface area contributed by atoms with Gasteiger partial charge in [0, 0.05) is 5.69 Å². The van der Waals surface area contributed by atoms with Crippen molar-refractivity contribution in [3.63, 3.8) is 0 Å². The summed E-state index contributed by atoms with van der Waals surface area (Å²) in [6.07, 6.45) is 0.792. The van der Waals surface area contributed by atoms with Crippen LogP contribution < -0.4 is 5.66 Å². The Balaban J connectivity index is 3.05. The molecule has 1 heterocycles. The zero-order valence-corrected chi connectivity index (χ0v) is 5.14. The number of rotatable bonds is 1. The lowest BCUT2D eigenvalue weighted by Crippen LogP contribution is -2.34. The van der Waals surface area contributed by atoms with Gasteiger partial charge in [-0.1, -0.05) is 0 Å². The van der Waals surface area contributed by atoms with Crippen LogP contribution in [0.4, 0.5) is 12.9 Å². The van der Waals surface area contributed by atoms with Crippen molar-refractivity contribution in [3.05, 3.63) is 12.1 Å². The highest BCUT2D eigenvalue weighted by Gasteiger charge is 2.31. The van der Waals surface area contributed by atoms with Crippen LogP contribution in [0.15, 0.2) is 10.8 Å². The van der Waals surface area contributed by atoms with E-state index in [1.54, 1.807) is 0 Å². The standard InChI is InChI=1S/C4H4BF3NO/c1-3-4(5(6,7)8)10-2-9-3/h2H,1H3/q-1. The van der Waals surface area contributed by atoms with Crippen molar-refractivity contribution in [2.24, 2.45) is 0 Å². The van der Waals surface area contributed by atoms with E-state index in [0.29, 0.717) is 0 Å². The summed E-state index contributed by atoms with van der Waals surface area (Å²) >= 11 is 0. The van der Waals surface area contributed by atoms with Crippen molar-refractivity contribution in [1.29, 1.82) is 0 Å². The normalized spacial score (nSPS) is 12.0. The molecule has 0 spiro atoms. The zero-order chi connectivity index (χ0) is 7.78. The summed E-state index contributed by atoms with van der Waals surface area (Å²) < 4.78 is 39.6. The maximum Gasteiger partial charge on any atom is 0.546 e. The Hall–Kier alpha value is -0.935. The third-order valence-corrected chi connectivity index (χ3v) is 1.08. The van der Waals surface area contributed by atoms with Crippen LogP contribution in [-0.2, 0) is 0 Å². The Labute approximate surface area is 55.1 Å². The lowest BCUT2D eigenvalue weighted by atomic mass is 9.86. The second kappa shape index (κ2) is 2.03. The number of hydrogen-bond donors (Lipinski definition) is 0. The first-order valence-corrected chi connectivity index (χ1v) is 2.61. The fourth-order valence-corrected chi connectivity index (χ4v) is 0.625. The number of oxazole rings is 1. The van der Waals surface area contributed by atoms with Crippen LogP contribution in [0.1, 0.15) is 5.69 Å². The van der Waals surface area contributed by atoms with Gasteiger partial charge in [-0.2, -0.15) is 0 Å². The van der Waals surface area contributed by atoms with Crippen LogP contribution in [0.2, 0.25) is 0 Å². The van der Waals surface area contributed by atoms with Crippen LogP contribution in [0.5, 0.6) is 0 Å². The average molecular weight is 150 g/mol. The van der Waals surface area contributed by atoms with Gasteiger partial charge in [-0.3, -0.25) is 0 Å².